The Morgan fingerprint density at radius 2 is 1.80 bits per heavy atom. The first-order valence-electron chi connectivity index (χ1n) is 5.91. The maximum absolute atomic E-state index is 13.2. The minimum atomic E-state index is -3.80. The Kier molecular flexibility index (Phi) is 3.86. The first kappa shape index (κ1) is 14.2. The van der Waals surface area contributed by atoms with E-state index in [2.05, 4.69) is 4.85 Å². The van der Waals surface area contributed by atoms with E-state index < -0.39 is 21.0 Å². The van der Waals surface area contributed by atoms with Crippen molar-refractivity contribution in [3.05, 3.63) is 70.3 Å². The van der Waals surface area contributed by atoms with Gasteiger partial charge in [-0.25, -0.2) is 12.8 Å². The lowest BCUT2D eigenvalue weighted by Gasteiger charge is -2.05. The Labute approximate surface area is 117 Å². The van der Waals surface area contributed by atoms with E-state index in [-0.39, 0.29) is 10.5 Å². The number of halogens is 1. The molecular weight excluding hydrogens is 277 g/mol. The second-order valence-electron chi connectivity index (χ2n) is 4.41. The van der Waals surface area contributed by atoms with Crippen molar-refractivity contribution < 1.29 is 12.8 Å². The Hall–Kier alpha value is -2.19. The monoisotopic (exact) mass is 290 g/mol. The minimum Gasteiger partial charge on any atom is -0.215 e. The third kappa shape index (κ3) is 2.70. The summed E-state index contributed by atoms with van der Waals surface area (Å²) in [6, 6.07) is 11.6. The molecule has 0 aliphatic heterocycles. The van der Waals surface area contributed by atoms with Crippen molar-refractivity contribution in [3.8, 4) is 6.57 Å². The summed E-state index contributed by atoms with van der Waals surface area (Å²) in [5.41, 5.74) is 1.14. The number of aryl methyl sites for hydroxylation is 1. The summed E-state index contributed by atoms with van der Waals surface area (Å²) in [5, 5.41) is -1.32. The van der Waals surface area contributed by atoms with Gasteiger partial charge in [0.25, 0.3) is 16.4 Å². The van der Waals surface area contributed by atoms with Crippen molar-refractivity contribution >= 4 is 9.84 Å². The maximum atomic E-state index is 13.2. The molecule has 0 spiro atoms. The molecule has 0 N–H and O–H groups in total. The fourth-order valence-electron chi connectivity index (χ4n) is 1.86. The molecule has 0 aliphatic rings. The lowest BCUT2D eigenvalue weighted by Crippen LogP contribution is -2.11. The zero-order valence-electron chi connectivity index (χ0n) is 10.8. The van der Waals surface area contributed by atoms with Gasteiger partial charge in [0, 0.05) is 0 Å². The van der Waals surface area contributed by atoms with Crippen LogP contribution in [0.2, 0.25) is 0 Å². The predicted octanol–water partition coefficient (Wildman–Crippen LogP) is 3.57. The summed E-state index contributed by atoms with van der Waals surface area (Å²) in [6.07, 6.45) is 0. The van der Waals surface area contributed by atoms with Crippen molar-refractivity contribution in [2.75, 3.05) is 0 Å². The van der Waals surface area contributed by atoms with Crippen LogP contribution in [0.25, 0.3) is 4.85 Å². The van der Waals surface area contributed by atoms with Gasteiger partial charge < -0.3 is 0 Å². The van der Waals surface area contributed by atoms with Crippen LogP contribution in [-0.4, -0.2) is 8.42 Å². The van der Waals surface area contributed by atoms with E-state index in [1.165, 1.54) is 30.3 Å². The van der Waals surface area contributed by atoms with Crippen LogP contribution in [-0.2, 0) is 9.84 Å². The number of hydrogen-bond acceptors (Lipinski definition) is 2. The molecule has 2 rings (SSSR count). The number of nitrogens with zero attached hydrogens (tertiary/aromatic N) is 1. The van der Waals surface area contributed by atoms with Gasteiger partial charge in [-0.05, 0) is 37.3 Å². The van der Waals surface area contributed by atoms with Crippen molar-refractivity contribution in [1.29, 1.82) is 0 Å². The molecule has 20 heavy (non-hydrogen) atoms. The van der Waals surface area contributed by atoms with Crippen LogP contribution in [0.1, 0.15) is 16.5 Å². The maximum Gasteiger partial charge on any atom is 0.398 e. The van der Waals surface area contributed by atoms with Gasteiger partial charge in [-0.3, -0.25) is 0 Å². The Balaban J connectivity index is 2.51. The van der Waals surface area contributed by atoms with Gasteiger partial charge in [-0.15, -0.1) is 0 Å². The SMILES string of the molecule is C#[N+][C@@H](c1cccc(F)c1)S(=O)(=O)c1ccc(C)cc1. The molecule has 5 heteroatoms. The number of sulfone groups is 1. The average Bonchev–Trinajstić information content (AvgIpc) is 2.40. The Bertz CT molecular complexity index is 761. The minimum absolute atomic E-state index is 0.103. The fraction of sp³-hybridized carbons (Fsp3) is 0.133. The molecule has 0 bridgehead atoms. The molecule has 2 aromatic carbocycles. The van der Waals surface area contributed by atoms with Gasteiger partial charge >= 0.3 is 5.37 Å². The average molecular weight is 290 g/mol. The molecule has 1 atom stereocenters. The number of hydrogen-bond donors (Lipinski definition) is 0. The fourth-order valence-corrected chi connectivity index (χ4v) is 3.30. The highest BCUT2D eigenvalue weighted by atomic mass is 32.2. The molecule has 0 aliphatic carbocycles. The summed E-state index contributed by atoms with van der Waals surface area (Å²) < 4.78 is 38.2. The molecule has 2 aromatic rings. The largest absolute Gasteiger partial charge is 0.398 e. The first-order valence-corrected chi connectivity index (χ1v) is 7.46. The van der Waals surface area contributed by atoms with Gasteiger partial charge in [0.15, 0.2) is 0 Å². The van der Waals surface area contributed by atoms with Gasteiger partial charge in [0.2, 0.25) is 0 Å². The van der Waals surface area contributed by atoms with Gasteiger partial charge in [0.1, 0.15) is 5.82 Å². The standard InChI is InChI=1S/C15H13FNO2S/c1-11-6-8-14(9-7-11)20(18,19)15(17-2)12-4-3-5-13(16)10-12/h2-10,15H,1H3/q+1/t15-/m1/s1. The van der Waals surface area contributed by atoms with Crippen molar-refractivity contribution in [1.82, 2.24) is 0 Å². The quantitative estimate of drug-likeness (QED) is 0.866. The molecular formula is C15H13FNO2S+. The van der Waals surface area contributed by atoms with Crippen LogP contribution >= 0.6 is 0 Å². The summed E-state index contributed by atoms with van der Waals surface area (Å²) in [5.74, 6) is -0.532. The third-order valence-corrected chi connectivity index (χ3v) is 4.82. The van der Waals surface area contributed by atoms with Crippen molar-refractivity contribution in [2.45, 2.75) is 17.2 Å². The van der Waals surface area contributed by atoms with Crippen LogP contribution in [0.4, 0.5) is 4.39 Å². The second kappa shape index (κ2) is 5.43. The van der Waals surface area contributed by atoms with E-state index in [1.807, 2.05) is 6.92 Å². The normalized spacial score (nSPS) is 12.7. The predicted molar refractivity (Wildman–Crippen MR) is 75.8 cm³/mol. The topological polar surface area (TPSA) is 38.5 Å². The molecule has 0 saturated heterocycles. The molecule has 0 fully saturated rings. The van der Waals surface area contributed by atoms with Crippen LogP contribution in [0.15, 0.2) is 53.4 Å². The van der Waals surface area contributed by atoms with Crippen LogP contribution in [0.5, 0.6) is 0 Å². The first-order chi connectivity index (χ1) is 9.45. The van der Waals surface area contributed by atoms with Gasteiger partial charge in [-0.1, -0.05) is 28.6 Å². The third-order valence-electron chi connectivity index (χ3n) is 2.91. The highest BCUT2D eigenvalue weighted by Gasteiger charge is 2.37. The second-order valence-corrected chi connectivity index (χ2v) is 6.42. The Morgan fingerprint density at radius 3 is 2.35 bits per heavy atom. The molecule has 0 aromatic heterocycles. The highest BCUT2D eigenvalue weighted by molar-refractivity contribution is 7.91. The van der Waals surface area contributed by atoms with E-state index in [0.717, 1.165) is 11.6 Å². The molecule has 0 radical (unpaired) electrons. The number of benzene rings is 2. The molecule has 0 unspecified atom stereocenters. The van der Waals surface area contributed by atoms with Crippen LogP contribution in [0, 0.1) is 19.3 Å². The molecule has 0 heterocycles. The Morgan fingerprint density at radius 1 is 1.15 bits per heavy atom. The van der Waals surface area contributed by atoms with Crippen LogP contribution < -0.4 is 0 Å². The summed E-state index contributed by atoms with van der Waals surface area (Å²) in [6.45, 7) is 7.09. The number of rotatable bonds is 3. The summed E-state index contributed by atoms with van der Waals surface area (Å²) >= 11 is 0. The van der Waals surface area contributed by atoms with Gasteiger partial charge in [0.05, 0.1) is 10.5 Å². The summed E-state index contributed by atoms with van der Waals surface area (Å²) in [7, 11) is -3.80. The molecule has 3 nitrogen and oxygen atoms in total. The molecule has 102 valence electrons. The lowest BCUT2D eigenvalue weighted by atomic mass is 10.2. The molecule has 0 amide bonds. The van der Waals surface area contributed by atoms with Crippen LogP contribution in [0.3, 0.4) is 0 Å². The smallest absolute Gasteiger partial charge is 0.215 e. The van der Waals surface area contributed by atoms with E-state index in [4.69, 9.17) is 6.57 Å². The highest BCUT2D eigenvalue weighted by Crippen LogP contribution is 2.30. The van der Waals surface area contributed by atoms with Crippen molar-refractivity contribution in [2.24, 2.45) is 0 Å². The van der Waals surface area contributed by atoms with E-state index in [0.29, 0.717) is 0 Å². The zero-order valence-corrected chi connectivity index (χ0v) is 11.6. The van der Waals surface area contributed by atoms with E-state index in [9.17, 15) is 12.8 Å². The summed E-state index contributed by atoms with van der Waals surface area (Å²) in [4.78, 5) is 3.52. The van der Waals surface area contributed by atoms with E-state index in [1.54, 1.807) is 12.1 Å². The zero-order chi connectivity index (χ0) is 14.8. The lowest BCUT2D eigenvalue weighted by molar-refractivity contribution is 0.589. The molecule has 0 saturated carbocycles. The van der Waals surface area contributed by atoms with E-state index >= 15 is 0 Å². The van der Waals surface area contributed by atoms with Gasteiger partial charge in [-0.2, -0.15) is 0 Å². The van der Waals surface area contributed by atoms with Crippen molar-refractivity contribution in [3.63, 3.8) is 0 Å².